The number of carbonyl (C=O) groups is 2. The number of amides is 3. The molecule has 0 aliphatic heterocycles. The average molecular weight is 179 g/mol. The third-order valence-corrected chi connectivity index (χ3v) is 1.45. The molecule has 0 heterocycles. The van der Waals surface area contributed by atoms with Gasteiger partial charge >= 0.3 is 6.03 Å². The molecule has 0 unspecified atom stereocenters. The van der Waals surface area contributed by atoms with Gasteiger partial charge in [0, 0.05) is 0 Å². The molecule has 0 fully saturated rings. The van der Waals surface area contributed by atoms with Crippen molar-refractivity contribution >= 4 is 17.6 Å². The van der Waals surface area contributed by atoms with Crippen molar-refractivity contribution in [3.05, 3.63) is 29.8 Å². The van der Waals surface area contributed by atoms with E-state index in [1.165, 1.54) is 6.07 Å². The van der Waals surface area contributed by atoms with Gasteiger partial charge in [-0.05, 0) is 12.1 Å². The van der Waals surface area contributed by atoms with E-state index in [0.717, 1.165) is 0 Å². The lowest BCUT2D eigenvalue weighted by Gasteiger charge is -2.05. The first-order valence-corrected chi connectivity index (χ1v) is 3.56. The van der Waals surface area contributed by atoms with Crippen molar-refractivity contribution in [1.29, 1.82) is 0 Å². The van der Waals surface area contributed by atoms with E-state index in [9.17, 15) is 9.59 Å². The maximum atomic E-state index is 10.8. The lowest BCUT2D eigenvalue weighted by Crippen LogP contribution is -2.22. The lowest BCUT2D eigenvalue weighted by molar-refractivity contribution is 0.100. The minimum Gasteiger partial charge on any atom is -0.366 e. The van der Waals surface area contributed by atoms with Gasteiger partial charge in [-0.25, -0.2) is 4.79 Å². The minimum absolute atomic E-state index is 0.237. The summed E-state index contributed by atoms with van der Waals surface area (Å²) in [6.45, 7) is 0. The van der Waals surface area contributed by atoms with Gasteiger partial charge < -0.3 is 16.8 Å². The summed E-state index contributed by atoms with van der Waals surface area (Å²) in [6.07, 6.45) is 0. The van der Waals surface area contributed by atoms with Crippen LogP contribution in [-0.2, 0) is 0 Å². The first-order chi connectivity index (χ1) is 6.11. The van der Waals surface area contributed by atoms with Crippen molar-refractivity contribution in [2.45, 2.75) is 0 Å². The van der Waals surface area contributed by atoms with Crippen LogP contribution < -0.4 is 16.8 Å². The zero-order valence-corrected chi connectivity index (χ0v) is 6.78. The van der Waals surface area contributed by atoms with Crippen LogP contribution in [0.25, 0.3) is 0 Å². The van der Waals surface area contributed by atoms with Crippen LogP contribution in [0.1, 0.15) is 10.4 Å². The van der Waals surface area contributed by atoms with Crippen LogP contribution in [0.4, 0.5) is 10.5 Å². The number of nitrogens with two attached hydrogens (primary N) is 2. The van der Waals surface area contributed by atoms with Crippen molar-refractivity contribution in [3.63, 3.8) is 0 Å². The Morgan fingerprint density at radius 3 is 2.31 bits per heavy atom. The van der Waals surface area contributed by atoms with E-state index in [1.54, 1.807) is 18.2 Å². The highest BCUT2D eigenvalue weighted by Gasteiger charge is 2.07. The molecule has 68 valence electrons. The Kier molecular flexibility index (Phi) is 2.49. The number of nitrogens with one attached hydrogen (secondary N) is 1. The van der Waals surface area contributed by atoms with Gasteiger partial charge in [0.25, 0.3) is 5.91 Å². The van der Waals surface area contributed by atoms with Gasteiger partial charge in [-0.3, -0.25) is 4.79 Å². The number of benzene rings is 1. The highest BCUT2D eigenvalue weighted by atomic mass is 16.2. The number of hydrogen-bond acceptors (Lipinski definition) is 2. The van der Waals surface area contributed by atoms with E-state index in [1.807, 2.05) is 0 Å². The monoisotopic (exact) mass is 179 g/mol. The number of urea groups is 1. The molecule has 5 nitrogen and oxygen atoms in total. The van der Waals surface area contributed by atoms with Crippen molar-refractivity contribution in [2.75, 3.05) is 5.32 Å². The van der Waals surface area contributed by atoms with Gasteiger partial charge in [0.05, 0.1) is 11.3 Å². The van der Waals surface area contributed by atoms with Crippen LogP contribution >= 0.6 is 0 Å². The number of rotatable bonds is 2. The molecule has 1 aromatic rings. The largest absolute Gasteiger partial charge is 0.366 e. The molecule has 0 spiro atoms. The Hall–Kier alpha value is -2.04. The Bertz CT molecular complexity index is 349. The molecule has 0 bridgehead atoms. The quantitative estimate of drug-likeness (QED) is 0.607. The molecule has 0 aliphatic carbocycles. The second-order valence-corrected chi connectivity index (χ2v) is 2.40. The fraction of sp³-hybridized carbons (Fsp3) is 0. The van der Waals surface area contributed by atoms with Crippen LogP contribution in [0.3, 0.4) is 0 Å². The van der Waals surface area contributed by atoms with E-state index in [2.05, 4.69) is 5.32 Å². The Morgan fingerprint density at radius 2 is 1.77 bits per heavy atom. The average Bonchev–Trinajstić information content (AvgIpc) is 2.03. The molecule has 1 aromatic carbocycles. The van der Waals surface area contributed by atoms with Gasteiger partial charge in [-0.15, -0.1) is 0 Å². The van der Waals surface area contributed by atoms with Crippen molar-refractivity contribution in [2.24, 2.45) is 11.5 Å². The molecule has 5 heteroatoms. The zero-order valence-electron chi connectivity index (χ0n) is 6.78. The Morgan fingerprint density at radius 1 is 1.15 bits per heavy atom. The summed E-state index contributed by atoms with van der Waals surface area (Å²) in [6, 6.07) is 5.64. The SMILES string of the molecule is NC(=O)Nc1ccccc1C(N)=O. The molecule has 3 amide bonds. The Balaban J connectivity index is 3.04. The number of anilines is 1. The number of hydrogen-bond donors (Lipinski definition) is 3. The molecule has 13 heavy (non-hydrogen) atoms. The lowest BCUT2D eigenvalue weighted by atomic mass is 10.1. The predicted molar refractivity (Wildman–Crippen MR) is 48.2 cm³/mol. The Labute approximate surface area is 74.7 Å². The summed E-state index contributed by atoms with van der Waals surface area (Å²) in [7, 11) is 0. The topological polar surface area (TPSA) is 98.2 Å². The molecule has 0 saturated carbocycles. The van der Waals surface area contributed by atoms with E-state index in [-0.39, 0.29) is 5.56 Å². The molecule has 5 N–H and O–H groups in total. The van der Waals surface area contributed by atoms with Crippen molar-refractivity contribution in [1.82, 2.24) is 0 Å². The molecular formula is C8H9N3O2. The first-order valence-electron chi connectivity index (χ1n) is 3.56. The maximum absolute atomic E-state index is 10.8. The van der Waals surface area contributed by atoms with Crippen LogP contribution in [-0.4, -0.2) is 11.9 Å². The zero-order chi connectivity index (χ0) is 9.84. The third kappa shape index (κ3) is 2.19. The first kappa shape index (κ1) is 9.05. The second-order valence-electron chi connectivity index (χ2n) is 2.40. The van der Waals surface area contributed by atoms with Gasteiger partial charge in [0.1, 0.15) is 0 Å². The van der Waals surface area contributed by atoms with Gasteiger partial charge in [0.15, 0.2) is 0 Å². The fourth-order valence-electron chi connectivity index (χ4n) is 0.940. The van der Waals surface area contributed by atoms with Crippen LogP contribution in [0.15, 0.2) is 24.3 Å². The summed E-state index contributed by atoms with van der Waals surface area (Å²) < 4.78 is 0. The maximum Gasteiger partial charge on any atom is 0.316 e. The molecular weight excluding hydrogens is 170 g/mol. The fourth-order valence-corrected chi connectivity index (χ4v) is 0.940. The molecule has 0 atom stereocenters. The summed E-state index contributed by atoms with van der Waals surface area (Å²) in [5.74, 6) is -0.607. The van der Waals surface area contributed by atoms with Gasteiger partial charge in [0.2, 0.25) is 0 Å². The highest BCUT2D eigenvalue weighted by molar-refractivity contribution is 6.02. The summed E-state index contributed by atoms with van der Waals surface area (Å²) in [5, 5.41) is 2.29. The molecule has 0 aliphatic rings. The molecule has 0 radical (unpaired) electrons. The van der Waals surface area contributed by atoms with Crippen molar-refractivity contribution in [3.8, 4) is 0 Å². The predicted octanol–water partition coefficient (Wildman–Crippen LogP) is 0.276. The van der Waals surface area contributed by atoms with Crippen LogP contribution in [0, 0.1) is 0 Å². The molecule has 0 aromatic heterocycles. The standard InChI is InChI=1S/C8H9N3O2/c9-7(12)5-3-1-2-4-6(5)11-8(10)13/h1-4H,(H2,9,12)(H3,10,11,13). The van der Waals surface area contributed by atoms with Gasteiger partial charge in [-0.1, -0.05) is 12.1 Å². The van der Waals surface area contributed by atoms with E-state index < -0.39 is 11.9 Å². The number of primary amides is 2. The third-order valence-electron chi connectivity index (χ3n) is 1.45. The van der Waals surface area contributed by atoms with E-state index >= 15 is 0 Å². The van der Waals surface area contributed by atoms with Gasteiger partial charge in [-0.2, -0.15) is 0 Å². The number of carbonyl (C=O) groups excluding carboxylic acids is 2. The van der Waals surface area contributed by atoms with Crippen LogP contribution in [0.5, 0.6) is 0 Å². The minimum atomic E-state index is -0.728. The smallest absolute Gasteiger partial charge is 0.316 e. The number of para-hydroxylation sites is 1. The molecule has 1 rings (SSSR count). The summed E-state index contributed by atoms with van der Waals surface area (Å²) in [5.41, 5.74) is 10.5. The highest BCUT2D eigenvalue weighted by Crippen LogP contribution is 2.13. The summed E-state index contributed by atoms with van der Waals surface area (Å²) >= 11 is 0. The normalized spacial score (nSPS) is 9.23. The van der Waals surface area contributed by atoms with Crippen LogP contribution in [0.2, 0.25) is 0 Å². The van der Waals surface area contributed by atoms with E-state index in [4.69, 9.17) is 11.5 Å². The second kappa shape index (κ2) is 3.57. The summed E-state index contributed by atoms with van der Waals surface area (Å²) in [4.78, 5) is 21.3. The van der Waals surface area contributed by atoms with E-state index in [0.29, 0.717) is 5.69 Å². The van der Waals surface area contributed by atoms with Crippen molar-refractivity contribution < 1.29 is 9.59 Å². The molecule has 0 saturated heterocycles.